The van der Waals surface area contributed by atoms with Gasteiger partial charge in [0.25, 0.3) is 0 Å². The first-order valence-corrected chi connectivity index (χ1v) is 9.44. The third-order valence-electron chi connectivity index (χ3n) is 3.66. The minimum Gasteiger partial charge on any atom is -0.489 e. The van der Waals surface area contributed by atoms with Gasteiger partial charge in [-0.2, -0.15) is 5.26 Å². The molecule has 1 fully saturated rings. The number of hydrogen-bond acceptors (Lipinski definition) is 5. The Morgan fingerprint density at radius 1 is 1.39 bits per heavy atom. The van der Waals surface area contributed by atoms with Crippen molar-refractivity contribution < 1.29 is 17.9 Å². The Balaban J connectivity index is 2.01. The van der Waals surface area contributed by atoms with Crippen LogP contribution in [-0.2, 0) is 14.8 Å². The summed E-state index contributed by atoms with van der Waals surface area (Å²) < 4.78 is 38.1. The molecule has 1 aliphatic rings. The molecular weight excluding hydrogens is 316 g/mol. The molecule has 2 rings (SSSR count). The van der Waals surface area contributed by atoms with Crippen LogP contribution in [0.25, 0.3) is 0 Å². The highest BCUT2D eigenvalue weighted by Gasteiger charge is 2.30. The van der Waals surface area contributed by atoms with Gasteiger partial charge in [-0.15, -0.1) is 0 Å². The van der Waals surface area contributed by atoms with Crippen LogP contribution in [0.1, 0.15) is 31.7 Å². The summed E-state index contributed by atoms with van der Waals surface area (Å²) >= 11 is 0. The Bertz CT molecular complexity index is 637. The summed E-state index contributed by atoms with van der Waals surface area (Å²) in [5.74, 6) is 0.734. The zero-order valence-corrected chi connectivity index (χ0v) is 14.0. The summed E-state index contributed by atoms with van der Waals surface area (Å²) in [5.41, 5.74) is 0.557. The number of rotatable bonds is 7. The molecule has 0 aliphatic carbocycles. The van der Waals surface area contributed by atoms with E-state index in [2.05, 4.69) is 4.72 Å². The van der Waals surface area contributed by atoms with E-state index in [4.69, 9.17) is 14.7 Å². The van der Waals surface area contributed by atoms with Crippen LogP contribution in [0, 0.1) is 11.3 Å². The number of unbranched alkanes of at least 4 members (excludes halogenated alkanes) is 1. The van der Waals surface area contributed by atoms with Gasteiger partial charge in [0.1, 0.15) is 11.9 Å². The Morgan fingerprint density at radius 2 is 2.13 bits per heavy atom. The summed E-state index contributed by atoms with van der Waals surface area (Å²) in [6.07, 6.45) is 1.78. The van der Waals surface area contributed by atoms with Crippen LogP contribution < -0.4 is 9.46 Å². The second-order valence-electron chi connectivity index (χ2n) is 5.55. The zero-order chi connectivity index (χ0) is 16.7. The number of benzene rings is 1. The third-order valence-corrected chi connectivity index (χ3v) is 5.15. The van der Waals surface area contributed by atoms with E-state index in [9.17, 15) is 8.42 Å². The molecule has 1 aliphatic heterocycles. The van der Waals surface area contributed by atoms with Gasteiger partial charge in [0.05, 0.1) is 36.6 Å². The van der Waals surface area contributed by atoms with E-state index in [0.717, 1.165) is 6.42 Å². The van der Waals surface area contributed by atoms with Crippen molar-refractivity contribution in [3.63, 3.8) is 0 Å². The van der Waals surface area contributed by atoms with Gasteiger partial charge in [0, 0.05) is 6.42 Å². The molecule has 0 unspecified atom stereocenters. The molecule has 1 aromatic carbocycles. The van der Waals surface area contributed by atoms with Gasteiger partial charge in [0.2, 0.25) is 10.0 Å². The molecule has 0 bridgehead atoms. The first kappa shape index (κ1) is 17.7. The maximum atomic E-state index is 12.1. The molecule has 0 radical (unpaired) electrons. The minimum absolute atomic E-state index is 0.115. The number of ether oxygens (including phenoxy) is 2. The summed E-state index contributed by atoms with van der Waals surface area (Å²) in [6, 6.07) is 8.44. The normalized spacial score (nSPS) is 21.6. The maximum absolute atomic E-state index is 12.1. The van der Waals surface area contributed by atoms with Crippen molar-refractivity contribution in [1.82, 2.24) is 4.72 Å². The van der Waals surface area contributed by atoms with E-state index >= 15 is 0 Å². The zero-order valence-electron chi connectivity index (χ0n) is 13.2. The van der Waals surface area contributed by atoms with Gasteiger partial charge >= 0.3 is 0 Å². The lowest BCUT2D eigenvalue weighted by atomic mass is 10.1. The van der Waals surface area contributed by atoms with Crippen LogP contribution in [0.15, 0.2) is 24.3 Å². The average molecular weight is 338 g/mol. The van der Waals surface area contributed by atoms with Crippen LogP contribution in [0.5, 0.6) is 5.75 Å². The molecule has 0 saturated carbocycles. The molecule has 0 aromatic heterocycles. The highest BCUT2D eigenvalue weighted by atomic mass is 32.2. The predicted octanol–water partition coefficient (Wildman–Crippen LogP) is 1.81. The predicted molar refractivity (Wildman–Crippen MR) is 86.6 cm³/mol. The second-order valence-corrected chi connectivity index (χ2v) is 7.43. The van der Waals surface area contributed by atoms with E-state index in [1.165, 1.54) is 0 Å². The Kier molecular flexibility index (Phi) is 6.39. The van der Waals surface area contributed by atoms with Gasteiger partial charge in [-0.1, -0.05) is 13.3 Å². The van der Waals surface area contributed by atoms with Crippen molar-refractivity contribution >= 4 is 10.0 Å². The Labute approximate surface area is 137 Å². The van der Waals surface area contributed by atoms with E-state index in [0.29, 0.717) is 37.4 Å². The van der Waals surface area contributed by atoms with Crippen molar-refractivity contribution in [2.45, 2.75) is 38.3 Å². The van der Waals surface area contributed by atoms with Gasteiger partial charge in [-0.25, -0.2) is 13.1 Å². The highest BCUT2D eigenvalue weighted by Crippen LogP contribution is 2.19. The van der Waals surface area contributed by atoms with Crippen molar-refractivity contribution in [3.8, 4) is 11.8 Å². The number of nitrogens with zero attached hydrogens (tertiary/aromatic N) is 1. The highest BCUT2D eigenvalue weighted by molar-refractivity contribution is 7.89. The van der Waals surface area contributed by atoms with Crippen LogP contribution in [0.2, 0.25) is 0 Å². The van der Waals surface area contributed by atoms with E-state index < -0.39 is 16.1 Å². The molecule has 7 heteroatoms. The summed E-state index contributed by atoms with van der Waals surface area (Å²) in [6.45, 7) is 2.79. The quantitative estimate of drug-likeness (QED) is 0.819. The molecule has 1 N–H and O–H groups in total. The molecule has 1 heterocycles. The molecule has 23 heavy (non-hydrogen) atoms. The standard InChI is InChI=1S/C16H22N2O4S/c1-2-3-10-23(19,20)18-15-12-21-9-8-16(15)22-14-6-4-13(11-17)5-7-14/h4-7,15-16,18H,2-3,8-10,12H2,1H3/t15-,16-/m1/s1. The fraction of sp³-hybridized carbons (Fsp3) is 0.562. The van der Waals surface area contributed by atoms with Crippen LogP contribution >= 0.6 is 0 Å². The summed E-state index contributed by atoms with van der Waals surface area (Å²) in [7, 11) is -3.33. The summed E-state index contributed by atoms with van der Waals surface area (Å²) in [4.78, 5) is 0. The van der Waals surface area contributed by atoms with Gasteiger partial charge in [-0.05, 0) is 30.7 Å². The molecule has 1 aromatic rings. The van der Waals surface area contributed by atoms with Crippen LogP contribution in [-0.4, -0.2) is 39.5 Å². The number of nitrogens with one attached hydrogen (secondary N) is 1. The lowest BCUT2D eigenvalue weighted by Gasteiger charge is -2.32. The number of sulfonamides is 1. The molecule has 6 nitrogen and oxygen atoms in total. The van der Waals surface area contributed by atoms with Crippen molar-refractivity contribution in [1.29, 1.82) is 5.26 Å². The topological polar surface area (TPSA) is 88.4 Å². The summed E-state index contributed by atoms with van der Waals surface area (Å²) in [5, 5.41) is 8.81. The smallest absolute Gasteiger partial charge is 0.212 e. The fourth-order valence-electron chi connectivity index (χ4n) is 2.38. The maximum Gasteiger partial charge on any atom is 0.212 e. The number of nitriles is 1. The number of hydrogen-bond donors (Lipinski definition) is 1. The molecule has 2 atom stereocenters. The van der Waals surface area contributed by atoms with Crippen molar-refractivity contribution in [2.75, 3.05) is 19.0 Å². The largest absolute Gasteiger partial charge is 0.489 e. The van der Waals surface area contributed by atoms with Crippen LogP contribution in [0.3, 0.4) is 0 Å². The van der Waals surface area contributed by atoms with E-state index in [1.807, 2.05) is 13.0 Å². The third kappa shape index (κ3) is 5.50. The lowest BCUT2D eigenvalue weighted by molar-refractivity contribution is 0.00321. The van der Waals surface area contributed by atoms with Crippen molar-refractivity contribution in [3.05, 3.63) is 29.8 Å². The monoisotopic (exact) mass is 338 g/mol. The first-order valence-electron chi connectivity index (χ1n) is 7.78. The van der Waals surface area contributed by atoms with Crippen molar-refractivity contribution in [2.24, 2.45) is 0 Å². The molecule has 0 spiro atoms. The van der Waals surface area contributed by atoms with Gasteiger partial charge in [0.15, 0.2) is 0 Å². The molecule has 1 saturated heterocycles. The van der Waals surface area contributed by atoms with E-state index in [1.54, 1.807) is 24.3 Å². The molecule has 126 valence electrons. The first-order chi connectivity index (χ1) is 11.0. The average Bonchev–Trinajstić information content (AvgIpc) is 2.55. The second kappa shape index (κ2) is 8.29. The SMILES string of the molecule is CCCCS(=O)(=O)N[C@@H]1COCC[C@H]1Oc1ccc(C#N)cc1. The van der Waals surface area contributed by atoms with Gasteiger partial charge < -0.3 is 9.47 Å². The molecule has 0 amide bonds. The minimum atomic E-state index is -3.33. The lowest BCUT2D eigenvalue weighted by Crippen LogP contribution is -2.52. The van der Waals surface area contributed by atoms with Crippen LogP contribution in [0.4, 0.5) is 0 Å². The van der Waals surface area contributed by atoms with Gasteiger partial charge in [-0.3, -0.25) is 0 Å². The fourth-order valence-corrected chi connectivity index (χ4v) is 3.84. The Hall–Kier alpha value is -1.62. The Morgan fingerprint density at radius 3 is 2.78 bits per heavy atom. The van der Waals surface area contributed by atoms with E-state index in [-0.39, 0.29) is 11.9 Å². The molecular formula is C16H22N2O4S.